The number of hydrogen-bond donors (Lipinski definition) is 1. The van der Waals surface area contributed by atoms with Gasteiger partial charge in [0.2, 0.25) is 5.91 Å². The molecule has 0 saturated carbocycles. The van der Waals surface area contributed by atoms with Crippen LogP contribution in [-0.2, 0) is 16.1 Å². The summed E-state index contributed by atoms with van der Waals surface area (Å²) in [5.74, 6) is 0.840. The Morgan fingerprint density at radius 3 is 2.70 bits per heavy atom. The van der Waals surface area contributed by atoms with Gasteiger partial charge in [0.05, 0.1) is 31.9 Å². The first-order valence-electron chi connectivity index (χ1n) is 9.92. The van der Waals surface area contributed by atoms with Crippen molar-refractivity contribution in [3.05, 3.63) is 59.8 Å². The molecular formula is C23H24N2O5. The summed E-state index contributed by atoms with van der Waals surface area (Å²) in [6.45, 7) is 3.26. The van der Waals surface area contributed by atoms with Crippen molar-refractivity contribution in [1.29, 1.82) is 0 Å². The molecule has 1 atom stereocenters. The molecule has 1 N–H and O–H groups in total. The van der Waals surface area contributed by atoms with Gasteiger partial charge >= 0.3 is 5.97 Å². The van der Waals surface area contributed by atoms with Gasteiger partial charge in [-0.25, -0.2) is 4.79 Å². The van der Waals surface area contributed by atoms with E-state index in [0.29, 0.717) is 24.5 Å². The van der Waals surface area contributed by atoms with E-state index in [1.165, 1.54) is 7.11 Å². The number of hydrogen-bond acceptors (Lipinski definition) is 5. The number of benzene rings is 2. The maximum absolute atomic E-state index is 12.7. The first-order chi connectivity index (χ1) is 14.6. The molecule has 7 nitrogen and oxygen atoms in total. The maximum atomic E-state index is 12.7. The minimum atomic E-state index is -0.425. The van der Waals surface area contributed by atoms with E-state index in [2.05, 4.69) is 5.32 Å². The molecular weight excluding hydrogens is 384 g/mol. The Kier molecular flexibility index (Phi) is 5.61. The Bertz CT molecular complexity index is 1090. The second-order valence-electron chi connectivity index (χ2n) is 7.23. The van der Waals surface area contributed by atoms with Crippen molar-refractivity contribution in [3.8, 4) is 11.5 Å². The lowest BCUT2D eigenvalue weighted by Gasteiger charge is -2.17. The Labute approximate surface area is 174 Å². The van der Waals surface area contributed by atoms with E-state index in [4.69, 9.17) is 14.2 Å². The number of nitrogens with zero attached hydrogens (tertiary/aromatic N) is 1. The van der Waals surface area contributed by atoms with Crippen molar-refractivity contribution in [1.82, 2.24) is 9.88 Å². The molecule has 30 heavy (non-hydrogen) atoms. The van der Waals surface area contributed by atoms with E-state index >= 15 is 0 Å². The average Bonchev–Trinajstić information content (AvgIpc) is 2.95. The van der Waals surface area contributed by atoms with Crippen LogP contribution in [0.5, 0.6) is 11.5 Å². The van der Waals surface area contributed by atoms with Crippen molar-refractivity contribution in [2.45, 2.75) is 25.9 Å². The largest absolute Gasteiger partial charge is 0.490 e. The van der Waals surface area contributed by atoms with Gasteiger partial charge in [-0.1, -0.05) is 24.3 Å². The van der Waals surface area contributed by atoms with Gasteiger partial charge < -0.3 is 24.1 Å². The molecule has 1 aliphatic rings. The number of ether oxygens (including phenoxy) is 3. The second kappa shape index (κ2) is 8.49. The number of carbonyl (C=O) groups is 2. The molecule has 1 amide bonds. The number of para-hydroxylation sites is 1. The Morgan fingerprint density at radius 1 is 1.13 bits per heavy atom. The third kappa shape index (κ3) is 3.96. The summed E-state index contributed by atoms with van der Waals surface area (Å²) >= 11 is 0. The number of esters is 1. The van der Waals surface area contributed by atoms with Crippen LogP contribution in [0.3, 0.4) is 0 Å². The lowest BCUT2D eigenvalue weighted by atomic mass is 10.1. The number of carbonyl (C=O) groups excluding carboxylic acids is 2. The Balaban J connectivity index is 1.50. The number of nitrogens with one attached hydrogen (secondary N) is 1. The minimum Gasteiger partial charge on any atom is -0.490 e. The molecule has 3 aromatic rings. The third-order valence-corrected chi connectivity index (χ3v) is 5.16. The molecule has 4 rings (SSSR count). The fraction of sp³-hybridized carbons (Fsp3) is 0.304. The number of aromatic nitrogens is 1. The zero-order valence-corrected chi connectivity index (χ0v) is 17.0. The minimum absolute atomic E-state index is 0.0897. The molecule has 2 heterocycles. The van der Waals surface area contributed by atoms with E-state index in [1.807, 2.05) is 49.4 Å². The Morgan fingerprint density at radius 2 is 1.90 bits per heavy atom. The van der Waals surface area contributed by atoms with E-state index < -0.39 is 5.97 Å². The van der Waals surface area contributed by atoms with Crippen LogP contribution < -0.4 is 14.8 Å². The number of fused-ring (bicyclic) bond motifs is 2. The lowest BCUT2D eigenvalue weighted by Crippen LogP contribution is -2.30. The van der Waals surface area contributed by atoms with Crippen LogP contribution in [0.1, 0.15) is 35.3 Å². The molecule has 0 saturated heterocycles. The highest BCUT2D eigenvalue weighted by Crippen LogP contribution is 2.32. The van der Waals surface area contributed by atoms with Gasteiger partial charge in [-0.3, -0.25) is 4.79 Å². The summed E-state index contributed by atoms with van der Waals surface area (Å²) < 4.78 is 18.0. The Hall–Kier alpha value is -3.48. The fourth-order valence-electron chi connectivity index (χ4n) is 3.62. The first kappa shape index (κ1) is 19.8. The summed E-state index contributed by atoms with van der Waals surface area (Å²) in [7, 11) is 1.35. The van der Waals surface area contributed by atoms with Crippen LogP contribution in [0.4, 0.5) is 0 Å². The summed E-state index contributed by atoms with van der Waals surface area (Å²) in [4.78, 5) is 24.8. The van der Waals surface area contributed by atoms with E-state index in [-0.39, 0.29) is 18.5 Å². The van der Waals surface area contributed by atoms with Crippen molar-refractivity contribution in [3.63, 3.8) is 0 Å². The second-order valence-corrected chi connectivity index (χ2v) is 7.23. The molecule has 0 spiro atoms. The predicted octanol–water partition coefficient (Wildman–Crippen LogP) is 3.47. The normalized spacial score (nSPS) is 14.1. The van der Waals surface area contributed by atoms with Gasteiger partial charge in [-0.05, 0) is 30.7 Å². The summed E-state index contributed by atoms with van der Waals surface area (Å²) in [6.07, 6.45) is 2.50. The monoisotopic (exact) mass is 408 g/mol. The van der Waals surface area contributed by atoms with Gasteiger partial charge in [0.1, 0.15) is 6.54 Å². The zero-order valence-electron chi connectivity index (χ0n) is 17.0. The molecule has 0 radical (unpaired) electrons. The molecule has 2 aromatic carbocycles. The summed E-state index contributed by atoms with van der Waals surface area (Å²) in [5, 5.41) is 3.77. The third-order valence-electron chi connectivity index (χ3n) is 5.16. The van der Waals surface area contributed by atoms with Crippen LogP contribution in [0.2, 0.25) is 0 Å². The SMILES string of the molecule is COC(=O)c1cn(CC(=O)N[C@H](C)c2ccc3c(c2)OCCCO3)c2ccccc12. The highest BCUT2D eigenvalue weighted by molar-refractivity contribution is 6.04. The van der Waals surface area contributed by atoms with Crippen molar-refractivity contribution < 1.29 is 23.8 Å². The van der Waals surface area contributed by atoms with Crippen LogP contribution in [-0.4, -0.2) is 36.8 Å². The van der Waals surface area contributed by atoms with Crippen molar-refractivity contribution >= 4 is 22.8 Å². The molecule has 1 aliphatic heterocycles. The molecule has 0 bridgehead atoms. The molecule has 0 unspecified atom stereocenters. The quantitative estimate of drug-likeness (QED) is 0.654. The lowest BCUT2D eigenvalue weighted by molar-refractivity contribution is -0.122. The van der Waals surface area contributed by atoms with Crippen LogP contribution in [0, 0.1) is 0 Å². The fourth-order valence-corrected chi connectivity index (χ4v) is 3.62. The maximum Gasteiger partial charge on any atom is 0.340 e. The van der Waals surface area contributed by atoms with Crippen LogP contribution in [0.15, 0.2) is 48.7 Å². The van der Waals surface area contributed by atoms with Crippen LogP contribution in [0.25, 0.3) is 10.9 Å². The highest BCUT2D eigenvalue weighted by atomic mass is 16.5. The molecule has 0 fully saturated rings. The van der Waals surface area contributed by atoms with Gasteiger partial charge in [0.15, 0.2) is 11.5 Å². The smallest absolute Gasteiger partial charge is 0.340 e. The molecule has 1 aromatic heterocycles. The average molecular weight is 408 g/mol. The summed E-state index contributed by atoms with van der Waals surface area (Å²) in [5.41, 5.74) is 2.17. The van der Waals surface area contributed by atoms with E-state index in [1.54, 1.807) is 10.8 Å². The van der Waals surface area contributed by atoms with Gasteiger partial charge in [0.25, 0.3) is 0 Å². The number of rotatable bonds is 5. The standard InChI is InChI=1S/C23H24N2O5/c1-15(16-8-9-20-21(12-16)30-11-5-10-29-20)24-22(26)14-25-13-18(23(27)28-2)17-6-3-4-7-19(17)25/h3-4,6-9,12-13,15H,5,10-11,14H2,1-2H3,(H,24,26)/t15-/m1/s1. The predicted molar refractivity (Wildman–Crippen MR) is 112 cm³/mol. The van der Waals surface area contributed by atoms with Gasteiger partial charge in [-0.15, -0.1) is 0 Å². The van der Waals surface area contributed by atoms with Gasteiger partial charge in [0, 0.05) is 23.5 Å². The molecule has 0 aliphatic carbocycles. The van der Waals surface area contributed by atoms with Gasteiger partial charge in [-0.2, -0.15) is 0 Å². The highest BCUT2D eigenvalue weighted by Gasteiger charge is 2.18. The van der Waals surface area contributed by atoms with E-state index in [9.17, 15) is 9.59 Å². The number of methoxy groups -OCH3 is 1. The first-order valence-corrected chi connectivity index (χ1v) is 9.92. The van der Waals surface area contributed by atoms with Crippen LogP contribution >= 0.6 is 0 Å². The molecule has 7 heteroatoms. The molecule has 156 valence electrons. The zero-order chi connectivity index (χ0) is 21.1. The van der Waals surface area contributed by atoms with Crippen molar-refractivity contribution in [2.24, 2.45) is 0 Å². The topological polar surface area (TPSA) is 78.8 Å². The van der Waals surface area contributed by atoms with E-state index in [0.717, 1.165) is 28.6 Å². The number of amides is 1. The van der Waals surface area contributed by atoms with Crippen molar-refractivity contribution in [2.75, 3.05) is 20.3 Å². The summed E-state index contributed by atoms with van der Waals surface area (Å²) in [6, 6.07) is 12.9.